The van der Waals surface area contributed by atoms with E-state index in [1.165, 1.54) is 0 Å². The van der Waals surface area contributed by atoms with E-state index in [0.717, 1.165) is 48.8 Å². The standard InChI is InChI=1S/C15H18BrClN6/c1-2-18-15-19-4-3-13(21-15)22-5-7-23(8-6-22)14-12(16)9-11(17)10-20-14/h3-4,9-10H,2,5-8H2,1H3,(H,18,19,21). The van der Waals surface area contributed by atoms with Crippen molar-refractivity contribution in [3.63, 3.8) is 0 Å². The predicted octanol–water partition coefficient (Wildman–Crippen LogP) is 3.05. The molecule has 3 heterocycles. The van der Waals surface area contributed by atoms with Crippen molar-refractivity contribution in [2.24, 2.45) is 0 Å². The van der Waals surface area contributed by atoms with E-state index >= 15 is 0 Å². The lowest BCUT2D eigenvalue weighted by molar-refractivity contribution is 0.640. The van der Waals surface area contributed by atoms with Crippen molar-refractivity contribution in [3.05, 3.63) is 34.0 Å². The van der Waals surface area contributed by atoms with Crippen LogP contribution >= 0.6 is 27.5 Å². The van der Waals surface area contributed by atoms with Crippen LogP contribution in [0, 0.1) is 0 Å². The maximum Gasteiger partial charge on any atom is 0.224 e. The van der Waals surface area contributed by atoms with Gasteiger partial charge in [0.25, 0.3) is 0 Å². The highest BCUT2D eigenvalue weighted by molar-refractivity contribution is 9.10. The van der Waals surface area contributed by atoms with Crippen LogP contribution in [-0.4, -0.2) is 47.7 Å². The lowest BCUT2D eigenvalue weighted by Gasteiger charge is -2.36. The monoisotopic (exact) mass is 396 g/mol. The average molecular weight is 398 g/mol. The number of piperazine rings is 1. The fourth-order valence-electron chi connectivity index (χ4n) is 2.56. The number of halogens is 2. The fourth-order valence-corrected chi connectivity index (χ4v) is 3.45. The van der Waals surface area contributed by atoms with Gasteiger partial charge in [-0.3, -0.25) is 0 Å². The van der Waals surface area contributed by atoms with Crippen LogP contribution < -0.4 is 15.1 Å². The zero-order valence-corrected chi connectivity index (χ0v) is 15.2. The summed E-state index contributed by atoms with van der Waals surface area (Å²) in [6.07, 6.45) is 3.48. The Balaban J connectivity index is 1.67. The third kappa shape index (κ3) is 3.84. The molecule has 0 aromatic carbocycles. The van der Waals surface area contributed by atoms with Crippen LogP contribution in [0.1, 0.15) is 6.92 Å². The van der Waals surface area contributed by atoms with Crippen LogP contribution in [0.3, 0.4) is 0 Å². The van der Waals surface area contributed by atoms with Gasteiger partial charge in [-0.05, 0) is 35.0 Å². The van der Waals surface area contributed by atoms with Gasteiger partial charge < -0.3 is 15.1 Å². The van der Waals surface area contributed by atoms with Crippen molar-refractivity contribution < 1.29 is 0 Å². The maximum atomic E-state index is 5.96. The predicted molar refractivity (Wildman–Crippen MR) is 97.6 cm³/mol. The van der Waals surface area contributed by atoms with E-state index in [1.54, 1.807) is 12.4 Å². The van der Waals surface area contributed by atoms with Crippen LogP contribution in [0.25, 0.3) is 0 Å². The van der Waals surface area contributed by atoms with Crippen molar-refractivity contribution in [1.29, 1.82) is 0 Å². The minimum absolute atomic E-state index is 0.635. The number of rotatable bonds is 4. The highest BCUT2D eigenvalue weighted by Gasteiger charge is 2.21. The Kier molecular flexibility index (Phi) is 5.17. The van der Waals surface area contributed by atoms with Gasteiger partial charge in [0.1, 0.15) is 11.6 Å². The van der Waals surface area contributed by atoms with E-state index in [9.17, 15) is 0 Å². The summed E-state index contributed by atoms with van der Waals surface area (Å²) in [5.41, 5.74) is 0. The Morgan fingerprint density at radius 3 is 2.65 bits per heavy atom. The molecule has 122 valence electrons. The van der Waals surface area contributed by atoms with Crippen LogP contribution in [-0.2, 0) is 0 Å². The number of nitrogens with one attached hydrogen (secondary N) is 1. The van der Waals surface area contributed by atoms with E-state index < -0.39 is 0 Å². The maximum absolute atomic E-state index is 5.96. The molecule has 0 amide bonds. The van der Waals surface area contributed by atoms with Crippen molar-refractivity contribution >= 4 is 45.1 Å². The number of aromatic nitrogens is 3. The molecule has 2 aromatic heterocycles. The van der Waals surface area contributed by atoms with Gasteiger partial charge in [-0.1, -0.05) is 11.6 Å². The van der Waals surface area contributed by atoms with E-state index in [0.29, 0.717) is 11.0 Å². The summed E-state index contributed by atoms with van der Waals surface area (Å²) in [5, 5.41) is 3.78. The van der Waals surface area contributed by atoms with Crippen molar-refractivity contribution in [3.8, 4) is 0 Å². The molecule has 0 atom stereocenters. The molecule has 0 spiro atoms. The molecule has 1 N–H and O–H groups in total. The number of nitrogens with zero attached hydrogens (tertiary/aromatic N) is 5. The van der Waals surface area contributed by atoms with E-state index in [4.69, 9.17) is 11.6 Å². The molecule has 1 aliphatic rings. The third-order valence-corrected chi connectivity index (χ3v) is 4.46. The molecule has 6 nitrogen and oxygen atoms in total. The summed E-state index contributed by atoms with van der Waals surface area (Å²) in [6, 6.07) is 3.83. The first-order valence-electron chi connectivity index (χ1n) is 7.55. The van der Waals surface area contributed by atoms with E-state index in [1.807, 2.05) is 19.1 Å². The van der Waals surface area contributed by atoms with Crippen molar-refractivity contribution in [2.75, 3.05) is 47.8 Å². The smallest absolute Gasteiger partial charge is 0.224 e. The largest absolute Gasteiger partial charge is 0.354 e. The van der Waals surface area contributed by atoms with Crippen molar-refractivity contribution in [1.82, 2.24) is 15.0 Å². The minimum atomic E-state index is 0.635. The Morgan fingerprint density at radius 1 is 1.22 bits per heavy atom. The first-order valence-corrected chi connectivity index (χ1v) is 8.72. The molecule has 0 radical (unpaired) electrons. The summed E-state index contributed by atoms with van der Waals surface area (Å²) in [4.78, 5) is 17.7. The SMILES string of the molecule is CCNc1nccc(N2CCN(c3ncc(Cl)cc3Br)CC2)n1. The summed E-state index contributed by atoms with van der Waals surface area (Å²) in [6.45, 7) is 6.39. The highest BCUT2D eigenvalue weighted by Crippen LogP contribution is 2.27. The lowest BCUT2D eigenvalue weighted by atomic mass is 10.3. The van der Waals surface area contributed by atoms with Gasteiger partial charge in [0, 0.05) is 45.1 Å². The van der Waals surface area contributed by atoms with Gasteiger partial charge in [-0.15, -0.1) is 0 Å². The Labute approximate surface area is 149 Å². The molecule has 8 heteroatoms. The average Bonchev–Trinajstić information content (AvgIpc) is 2.56. The number of anilines is 3. The first-order chi connectivity index (χ1) is 11.2. The zero-order valence-electron chi connectivity index (χ0n) is 12.8. The molecule has 2 aromatic rings. The van der Waals surface area contributed by atoms with Gasteiger partial charge in [-0.2, -0.15) is 4.98 Å². The Bertz CT molecular complexity index is 675. The molecule has 0 saturated carbocycles. The van der Waals surface area contributed by atoms with Crippen LogP contribution in [0.5, 0.6) is 0 Å². The van der Waals surface area contributed by atoms with Crippen LogP contribution in [0.2, 0.25) is 5.02 Å². The van der Waals surface area contributed by atoms with E-state index in [2.05, 4.69) is 46.0 Å². The lowest BCUT2D eigenvalue weighted by Crippen LogP contribution is -2.47. The Hall–Kier alpha value is -1.60. The van der Waals surface area contributed by atoms with Crippen molar-refractivity contribution in [2.45, 2.75) is 6.92 Å². The summed E-state index contributed by atoms with van der Waals surface area (Å²) >= 11 is 9.50. The molecular weight excluding hydrogens is 380 g/mol. The number of hydrogen-bond donors (Lipinski definition) is 1. The first kappa shape index (κ1) is 16.3. The topological polar surface area (TPSA) is 57.2 Å². The molecule has 0 bridgehead atoms. The summed E-state index contributed by atoms with van der Waals surface area (Å²) < 4.78 is 0.926. The highest BCUT2D eigenvalue weighted by atomic mass is 79.9. The second-order valence-electron chi connectivity index (χ2n) is 5.20. The summed E-state index contributed by atoms with van der Waals surface area (Å²) in [7, 11) is 0. The minimum Gasteiger partial charge on any atom is -0.354 e. The second-order valence-corrected chi connectivity index (χ2v) is 6.49. The number of hydrogen-bond acceptors (Lipinski definition) is 6. The molecule has 1 fully saturated rings. The van der Waals surface area contributed by atoms with E-state index in [-0.39, 0.29) is 0 Å². The quantitative estimate of drug-likeness (QED) is 0.856. The Morgan fingerprint density at radius 2 is 1.96 bits per heavy atom. The van der Waals surface area contributed by atoms with Gasteiger partial charge >= 0.3 is 0 Å². The molecule has 3 rings (SSSR count). The fraction of sp³-hybridized carbons (Fsp3) is 0.400. The molecule has 1 aliphatic heterocycles. The molecular formula is C15H18BrClN6. The van der Waals surface area contributed by atoms with Gasteiger partial charge in [0.2, 0.25) is 5.95 Å². The summed E-state index contributed by atoms with van der Waals surface area (Å²) in [5.74, 6) is 2.57. The zero-order chi connectivity index (χ0) is 16.2. The number of pyridine rings is 1. The third-order valence-electron chi connectivity index (χ3n) is 3.67. The van der Waals surface area contributed by atoms with Crippen LogP contribution in [0.15, 0.2) is 29.0 Å². The molecule has 0 aliphatic carbocycles. The van der Waals surface area contributed by atoms with Gasteiger partial charge in [0.15, 0.2) is 0 Å². The van der Waals surface area contributed by atoms with Gasteiger partial charge in [-0.25, -0.2) is 9.97 Å². The normalized spacial score (nSPS) is 14.9. The molecule has 23 heavy (non-hydrogen) atoms. The van der Waals surface area contributed by atoms with Crippen LogP contribution in [0.4, 0.5) is 17.6 Å². The molecule has 0 unspecified atom stereocenters. The second kappa shape index (κ2) is 7.31. The molecule has 1 saturated heterocycles. The van der Waals surface area contributed by atoms with Gasteiger partial charge in [0.05, 0.1) is 9.50 Å².